The van der Waals surface area contributed by atoms with Crippen molar-refractivity contribution >= 4 is 79.3 Å². The molecule has 8 aromatic heterocycles. The number of hydrogen-bond donors (Lipinski definition) is 4. The maximum absolute atomic E-state index is 13.6. The van der Waals surface area contributed by atoms with Gasteiger partial charge in [0.25, 0.3) is 0 Å². The number of nitrogens with two attached hydrogens (primary N) is 1. The van der Waals surface area contributed by atoms with E-state index in [1.54, 1.807) is 31.2 Å². The molecule has 0 radical (unpaired) electrons. The van der Waals surface area contributed by atoms with Crippen molar-refractivity contribution in [3.63, 3.8) is 0 Å². The third-order valence-corrected chi connectivity index (χ3v) is 19.8. The lowest BCUT2D eigenvalue weighted by Crippen LogP contribution is -2.40. The number of carbonyl (C=O) groups excluding carboxylic acids is 1. The summed E-state index contributed by atoms with van der Waals surface area (Å²) in [5, 5.41) is 47.7. The number of carbonyl (C=O) groups is 2. The number of benzene rings is 2. The van der Waals surface area contributed by atoms with Crippen molar-refractivity contribution in [2.45, 2.75) is 123 Å². The van der Waals surface area contributed by atoms with Crippen LogP contribution in [0, 0.1) is 40.2 Å². The molecule has 2 saturated carbocycles. The minimum atomic E-state index is -1.33. The first-order valence-electron chi connectivity index (χ1n) is 32.5. The third-order valence-electron chi connectivity index (χ3n) is 17.7. The van der Waals surface area contributed by atoms with Crippen LogP contribution in [-0.2, 0) is 22.4 Å². The highest BCUT2D eigenvalue weighted by Gasteiger charge is 2.49. The number of aromatic nitrogens is 8. The first-order valence-corrected chi connectivity index (χ1v) is 33.4. The average molecular weight is 1340 g/mol. The summed E-state index contributed by atoms with van der Waals surface area (Å²) in [6.45, 7) is 9.96. The number of nitrogens with zero attached hydrogens (tertiary/aromatic N) is 14. The zero-order valence-corrected chi connectivity index (χ0v) is 55.2. The number of thiazole rings is 2. The van der Waals surface area contributed by atoms with E-state index in [4.69, 9.17) is 47.2 Å². The van der Waals surface area contributed by atoms with Crippen LogP contribution in [0.4, 0.5) is 42.3 Å². The van der Waals surface area contributed by atoms with Gasteiger partial charge < -0.3 is 40.7 Å². The fourth-order valence-electron chi connectivity index (χ4n) is 11.7. The molecular weight excluding hydrogens is 1260 g/mol. The summed E-state index contributed by atoms with van der Waals surface area (Å²) in [5.41, 5.74) is 13.6. The Morgan fingerprint density at radius 3 is 1.35 bits per heavy atom. The summed E-state index contributed by atoms with van der Waals surface area (Å²) < 4.78 is 37.4. The number of carboxylic acid groups (broad SMARTS) is 1. The summed E-state index contributed by atoms with van der Waals surface area (Å²) in [5.74, 6) is 2.21. The molecule has 2 aromatic carbocycles. The number of carboxylic acids is 1. The Labute approximate surface area is 566 Å². The summed E-state index contributed by atoms with van der Waals surface area (Å²) in [6.07, 6.45) is 15.7. The topological polar surface area (TPSA) is 268 Å². The fourth-order valence-corrected chi connectivity index (χ4v) is 13.4. The molecule has 24 heteroatoms. The Kier molecular flexibility index (Phi) is 20.9. The quantitative estimate of drug-likeness (QED) is 0.0700. The van der Waals surface area contributed by atoms with Crippen LogP contribution < -0.4 is 25.3 Å². The van der Waals surface area contributed by atoms with Crippen LogP contribution in [0.25, 0.3) is 56.1 Å². The molecule has 0 atom stereocenters. The molecule has 4 aliphatic rings. The van der Waals surface area contributed by atoms with Gasteiger partial charge in [0.15, 0.2) is 21.6 Å². The Hall–Kier alpha value is -9.56. The molecule has 0 bridgehead atoms. The number of nitriles is 2. The molecule has 2 aliphatic carbocycles. The van der Waals surface area contributed by atoms with E-state index in [9.17, 15) is 34.0 Å². The van der Waals surface area contributed by atoms with Crippen LogP contribution in [0.3, 0.4) is 0 Å². The molecule has 2 aliphatic heterocycles. The van der Waals surface area contributed by atoms with Crippen LogP contribution in [0.15, 0.2) is 122 Å². The lowest BCUT2D eigenvalue weighted by atomic mass is 9.90. The number of hydrogen-bond acceptors (Lipinski definition) is 19. The second kappa shape index (κ2) is 29.6. The van der Waals surface area contributed by atoms with Crippen LogP contribution >= 0.6 is 22.7 Å². The number of aryl methyl sites for hydroxylation is 2. The molecule has 10 heterocycles. The molecule has 0 unspecified atom stereocenters. The number of piperidine rings is 2. The number of ketones is 1. The summed E-state index contributed by atoms with van der Waals surface area (Å²) in [7, 11) is 3.86. The molecule has 4 fully saturated rings. The summed E-state index contributed by atoms with van der Waals surface area (Å²) >= 11 is 2.60. The van der Waals surface area contributed by atoms with Gasteiger partial charge in [-0.15, -0.1) is 0 Å². The van der Waals surface area contributed by atoms with Gasteiger partial charge in [-0.2, -0.15) is 10.5 Å². The van der Waals surface area contributed by atoms with Crippen molar-refractivity contribution in [2.75, 3.05) is 59.9 Å². The number of aliphatic carboxylic acids is 1. The van der Waals surface area contributed by atoms with E-state index in [1.807, 2.05) is 60.6 Å². The Morgan fingerprint density at radius 1 is 0.625 bits per heavy atom. The molecule has 0 spiro atoms. The van der Waals surface area contributed by atoms with Crippen LogP contribution in [0.1, 0.15) is 115 Å². The van der Waals surface area contributed by atoms with Gasteiger partial charge in [0.1, 0.15) is 85.1 Å². The number of rotatable bonds is 16. The Balaban J connectivity index is 0.000000184. The number of aliphatic hydroxyl groups is 2. The molecule has 14 rings (SSSR count). The average Bonchev–Trinajstić information content (AvgIpc) is 1.63. The predicted molar refractivity (Wildman–Crippen MR) is 374 cm³/mol. The van der Waals surface area contributed by atoms with E-state index in [1.165, 1.54) is 46.9 Å². The monoisotopic (exact) mass is 1340 g/mol. The second-order valence-electron chi connectivity index (χ2n) is 24.0. The van der Waals surface area contributed by atoms with Gasteiger partial charge in [0.05, 0.1) is 11.4 Å². The number of pyridine rings is 4. The number of halogens is 2. The lowest BCUT2D eigenvalue weighted by Gasteiger charge is -2.33. The lowest BCUT2D eigenvalue weighted by molar-refractivity contribution is -0.149. The Bertz CT molecular complexity index is 4490. The molecule has 2 saturated heterocycles. The molecule has 10 aromatic rings. The smallest absolute Gasteiger partial charge is 0.335 e. The van der Waals surface area contributed by atoms with Gasteiger partial charge in [-0.3, -0.25) is 13.6 Å². The molecule has 20 nitrogen and oxygen atoms in total. The fraction of sp³-hybridized carbons (Fsp3) is 0.361. The number of Topliss-reactive ketones (excluding diaryl/α,β-unsaturated/α-hetero) is 1. The minimum absolute atomic E-state index is 0. The van der Waals surface area contributed by atoms with Gasteiger partial charge in [0, 0.05) is 112 Å². The van der Waals surface area contributed by atoms with Crippen molar-refractivity contribution in [3.8, 4) is 56.9 Å². The van der Waals surface area contributed by atoms with E-state index in [0.29, 0.717) is 93.9 Å². The van der Waals surface area contributed by atoms with Crippen molar-refractivity contribution in [3.05, 3.63) is 155 Å². The van der Waals surface area contributed by atoms with Gasteiger partial charge in [-0.1, -0.05) is 57.8 Å². The third kappa shape index (κ3) is 14.9. The SMILES string of the molecule is C.CCc1nc2ccc(-c3ccc(N4CCC(CC(=O)C5(O)CC5)CC4)nc3)cn2c1N(C)c1nc(-c2ccc(F)cc2)c(C#N)s1.CCc1nc2ccc(-c3ccc(N4CCC(N)CC4)nc3)cn2c1N(C)c1nc(-c2ccc(F)cc2)c(C#N)s1.O=C(O)C1(O)CC1.[2H]CC. The summed E-state index contributed by atoms with van der Waals surface area (Å²) in [6, 6.07) is 33.3. The molecule has 96 heavy (non-hydrogen) atoms. The van der Waals surface area contributed by atoms with Gasteiger partial charge in [-0.25, -0.2) is 43.5 Å². The number of imidazole rings is 2. The number of anilines is 6. The van der Waals surface area contributed by atoms with Gasteiger partial charge in [0.2, 0.25) is 0 Å². The standard InChI is InChI=1S/C35H34FN7O2S.C30H29FN8S.C4H6O3.C2H6.CH4/c1-3-27-33(41(2)34-40-32(28(19-37)46-34)23-4-8-26(36)9-5-23)43-21-25(7-11-31(43)39-27)24-6-10-30(38-20-24)42-16-12-22(13-17-42)18-29(44)35(45)14-15-35;1-3-24-29(37(2)30-36-28(25(16-32)40-30)19-4-8-22(31)9-5-19)39-18-21(7-11-27(39)35-24)20-6-10-26(34-17-20)38-14-12-23(33)13-15-38;5-3(6)4(7)1-2-4;1-2;/h4-11,20-22,45H,3,12-18H2,1-2H3;4-11,17-18,23H,3,12-15,33H2,1-2H3;7H,1-2H2,(H,5,6);1-2H3;1H4/i;;;1D;. The molecular formula is C72H79F2N15O5S2. The normalized spacial score (nSPS) is 15.5. The van der Waals surface area contributed by atoms with Crippen LogP contribution in [0.2, 0.25) is 0 Å². The van der Waals surface area contributed by atoms with Crippen molar-refractivity contribution in [1.29, 1.82) is 10.5 Å². The van der Waals surface area contributed by atoms with E-state index in [0.717, 1.165) is 126 Å². The van der Waals surface area contributed by atoms with Crippen molar-refractivity contribution in [2.24, 2.45) is 11.7 Å². The second-order valence-corrected chi connectivity index (χ2v) is 26.0. The van der Waals surface area contributed by atoms with E-state index < -0.39 is 17.2 Å². The van der Waals surface area contributed by atoms with Crippen LogP contribution in [0.5, 0.6) is 0 Å². The van der Waals surface area contributed by atoms with Gasteiger partial charge >= 0.3 is 5.97 Å². The molecule has 498 valence electrons. The first-order chi connectivity index (χ1) is 46.3. The molecule has 0 amide bonds. The van der Waals surface area contributed by atoms with Crippen molar-refractivity contribution in [1.82, 2.24) is 38.7 Å². The highest BCUT2D eigenvalue weighted by molar-refractivity contribution is 7.17. The maximum atomic E-state index is 13.6. The van der Waals surface area contributed by atoms with Gasteiger partial charge in [-0.05, 0) is 167 Å². The van der Waals surface area contributed by atoms with Crippen LogP contribution in [-0.4, -0.2) is 123 Å². The zero-order valence-electron chi connectivity index (χ0n) is 54.6. The molecule has 5 N–H and O–H groups in total. The maximum Gasteiger partial charge on any atom is 0.335 e. The number of fused-ring (bicyclic) bond motifs is 2. The minimum Gasteiger partial charge on any atom is -0.479 e. The predicted octanol–water partition coefficient (Wildman–Crippen LogP) is 13.6. The van der Waals surface area contributed by atoms with E-state index >= 15 is 0 Å². The van der Waals surface area contributed by atoms with E-state index in [-0.39, 0.29) is 30.9 Å². The highest BCUT2D eigenvalue weighted by atomic mass is 32.1. The zero-order chi connectivity index (χ0) is 68.0. The Morgan fingerprint density at radius 2 is 1.01 bits per heavy atom. The largest absolute Gasteiger partial charge is 0.479 e. The first kappa shape index (κ1) is 67.8. The van der Waals surface area contributed by atoms with Crippen molar-refractivity contribution < 1.29 is 35.1 Å². The highest BCUT2D eigenvalue weighted by Crippen LogP contribution is 2.42. The summed E-state index contributed by atoms with van der Waals surface area (Å²) in [4.78, 5) is 60.5. The van der Waals surface area contributed by atoms with E-state index in [2.05, 4.69) is 81.2 Å².